The van der Waals surface area contributed by atoms with Crippen molar-refractivity contribution in [3.05, 3.63) is 0 Å². The summed E-state index contributed by atoms with van der Waals surface area (Å²) in [7, 11) is 0. The molecule has 2 fully saturated rings. The fraction of sp³-hybridized carbons (Fsp3) is 1.00. The Labute approximate surface area is 111 Å². The summed E-state index contributed by atoms with van der Waals surface area (Å²) in [6.07, 6.45) is 9.99. The molecule has 1 heterocycles. The van der Waals surface area contributed by atoms with Gasteiger partial charge in [0, 0.05) is 12.1 Å². The Morgan fingerprint density at radius 3 is 2.56 bits per heavy atom. The van der Waals surface area contributed by atoms with Crippen molar-refractivity contribution in [1.29, 1.82) is 0 Å². The van der Waals surface area contributed by atoms with Crippen LogP contribution in [-0.4, -0.2) is 45.9 Å². The van der Waals surface area contributed by atoms with E-state index in [-0.39, 0.29) is 12.2 Å². The van der Waals surface area contributed by atoms with Gasteiger partial charge in [-0.25, -0.2) is 0 Å². The first-order chi connectivity index (χ1) is 8.68. The number of piperidine rings is 1. The number of aliphatic hydroxyl groups is 2. The first-order valence-corrected chi connectivity index (χ1v) is 7.80. The molecule has 1 aliphatic heterocycles. The van der Waals surface area contributed by atoms with E-state index in [2.05, 4.69) is 4.90 Å². The van der Waals surface area contributed by atoms with E-state index in [1.807, 2.05) is 6.92 Å². The van der Waals surface area contributed by atoms with E-state index in [9.17, 15) is 10.2 Å². The second-order valence-electron chi connectivity index (χ2n) is 6.24. The summed E-state index contributed by atoms with van der Waals surface area (Å²) >= 11 is 0. The molecule has 0 aromatic heterocycles. The molecule has 4 atom stereocenters. The highest BCUT2D eigenvalue weighted by Crippen LogP contribution is 2.30. The lowest BCUT2D eigenvalue weighted by molar-refractivity contribution is -0.00955. The molecule has 1 saturated heterocycles. The number of hydrogen-bond donors (Lipinski definition) is 2. The summed E-state index contributed by atoms with van der Waals surface area (Å²) in [5, 5.41) is 20.0. The number of rotatable bonds is 3. The molecular formula is C15H29NO2. The van der Waals surface area contributed by atoms with E-state index in [0.29, 0.717) is 12.1 Å². The van der Waals surface area contributed by atoms with Crippen LogP contribution < -0.4 is 0 Å². The van der Waals surface area contributed by atoms with Gasteiger partial charge in [-0.3, -0.25) is 4.90 Å². The van der Waals surface area contributed by atoms with Crippen molar-refractivity contribution < 1.29 is 10.2 Å². The molecule has 2 N–H and O–H groups in total. The van der Waals surface area contributed by atoms with Crippen LogP contribution in [0.15, 0.2) is 0 Å². The molecule has 0 amide bonds. The summed E-state index contributed by atoms with van der Waals surface area (Å²) < 4.78 is 0. The number of hydrogen-bond acceptors (Lipinski definition) is 3. The largest absolute Gasteiger partial charge is 0.393 e. The van der Waals surface area contributed by atoms with Crippen molar-refractivity contribution in [3.8, 4) is 0 Å². The zero-order chi connectivity index (χ0) is 13.0. The van der Waals surface area contributed by atoms with Crippen LogP contribution >= 0.6 is 0 Å². The van der Waals surface area contributed by atoms with Crippen LogP contribution in [0, 0.1) is 0 Å². The predicted octanol–water partition coefficient (Wildman–Crippen LogP) is 2.31. The molecule has 18 heavy (non-hydrogen) atoms. The molecule has 3 nitrogen and oxygen atoms in total. The van der Waals surface area contributed by atoms with Gasteiger partial charge in [0.15, 0.2) is 0 Å². The normalized spacial score (nSPS) is 37.2. The zero-order valence-electron chi connectivity index (χ0n) is 11.7. The molecule has 1 saturated carbocycles. The van der Waals surface area contributed by atoms with Crippen LogP contribution in [0.2, 0.25) is 0 Å². The van der Waals surface area contributed by atoms with Crippen molar-refractivity contribution >= 4 is 0 Å². The summed E-state index contributed by atoms with van der Waals surface area (Å²) in [4.78, 5) is 2.52. The van der Waals surface area contributed by atoms with Crippen LogP contribution in [0.5, 0.6) is 0 Å². The fourth-order valence-corrected chi connectivity index (χ4v) is 3.76. The highest BCUT2D eigenvalue weighted by molar-refractivity contribution is 4.88. The molecule has 1 aliphatic carbocycles. The van der Waals surface area contributed by atoms with E-state index in [1.54, 1.807) is 0 Å². The van der Waals surface area contributed by atoms with E-state index in [0.717, 1.165) is 25.8 Å². The van der Waals surface area contributed by atoms with Crippen LogP contribution in [-0.2, 0) is 0 Å². The molecule has 0 bridgehead atoms. The summed E-state index contributed by atoms with van der Waals surface area (Å²) in [6.45, 7) is 3.00. The first-order valence-electron chi connectivity index (χ1n) is 7.80. The third kappa shape index (κ3) is 3.69. The van der Waals surface area contributed by atoms with E-state index in [4.69, 9.17) is 0 Å². The third-order valence-electron chi connectivity index (χ3n) is 4.66. The van der Waals surface area contributed by atoms with Gasteiger partial charge in [-0.05, 0) is 45.6 Å². The van der Waals surface area contributed by atoms with Gasteiger partial charge < -0.3 is 10.2 Å². The van der Waals surface area contributed by atoms with Crippen molar-refractivity contribution in [1.82, 2.24) is 4.90 Å². The lowest BCUT2D eigenvalue weighted by Crippen LogP contribution is -2.51. The summed E-state index contributed by atoms with van der Waals surface area (Å²) in [5.74, 6) is 0. The highest BCUT2D eigenvalue weighted by atomic mass is 16.3. The van der Waals surface area contributed by atoms with E-state index >= 15 is 0 Å². The maximum atomic E-state index is 10.3. The van der Waals surface area contributed by atoms with Gasteiger partial charge in [0.25, 0.3) is 0 Å². The summed E-state index contributed by atoms with van der Waals surface area (Å²) in [6, 6.07) is 0.827. The Morgan fingerprint density at radius 1 is 1.06 bits per heavy atom. The number of nitrogens with zero attached hydrogens (tertiary/aromatic N) is 1. The van der Waals surface area contributed by atoms with Crippen LogP contribution in [0.25, 0.3) is 0 Å². The van der Waals surface area contributed by atoms with Crippen LogP contribution in [0.1, 0.15) is 64.7 Å². The molecule has 4 unspecified atom stereocenters. The monoisotopic (exact) mass is 255 g/mol. The van der Waals surface area contributed by atoms with Gasteiger partial charge in [0.2, 0.25) is 0 Å². The predicted molar refractivity (Wildman–Crippen MR) is 73.5 cm³/mol. The van der Waals surface area contributed by atoms with Gasteiger partial charge in [-0.1, -0.05) is 25.7 Å². The van der Waals surface area contributed by atoms with Gasteiger partial charge in [-0.15, -0.1) is 0 Å². The lowest BCUT2D eigenvalue weighted by atomic mass is 9.92. The van der Waals surface area contributed by atoms with Gasteiger partial charge >= 0.3 is 0 Å². The van der Waals surface area contributed by atoms with Gasteiger partial charge in [0.05, 0.1) is 12.2 Å². The third-order valence-corrected chi connectivity index (χ3v) is 4.66. The quantitative estimate of drug-likeness (QED) is 0.761. The highest BCUT2D eigenvalue weighted by Gasteiger charge is 2.33. The molecule has 2 aliphatic rings. The Morgan fingerprint density at radius 2 is 1.78 bits per heavy atom. The minimum Gasteiger partial charge on any atom is -0.393 e. The molecular weight excluding hydrogens is 226 g/mol. The zero-order valence-corrected chi connectivity index (χ0v) is 11.7. The van der Waals surface area contributed by atoms with Crippen molar-refractivity contribution in [2.75, 3.05) is 6.54 Å². The maximum absolute atomic E-state index is 10.3. The van der Waals surface area contributed by atoms with Crippen LogP contribution in [0.3, 0.4) is 0 Å². The number of likely N-dealkylation sites (tertiary alicyclic amines) is 1. The van der Waals surface area contributed by atoms with Crippen molar-refractivity contribution in [2.45, 2.75) is 89.0 Å². The fourth-order valence-electron chi connectivity index (χ4n) is 3.76. The lowest BCUT2D eigenvalue weighted by Gasteiger charge is -2.43. The Kier molecular flexibility index (Phi) is 5.46. The maximum Gasteiger partial charge on any atom is 0.0695 e. The minimum atomic E-state index is -0.224. The van der Waals surface area contributed by atoms with Crippen molar-refractivity contribution in [2.24, 2.45) is 0 Å². The average Bonchev–Trinajstić information content (AvgIpc) is 2.54. The Balaban J connectivity index is 2.01. The summed E-state index contributed by atoms with van der Waals surface area (Å²) in [5.41, 5.74) is 0. The SMILES string of the molecule is CC(O)CC1CCCCN1C1CCCCCC1O. The van der Waals surface area contributed by atoms with Crippen molar-refractivity contribution in [3.63, 3.8) is 0 Å². The molecule has 0 spiro atoms. The Bertz CT molecular complexity index is 245. The standard InChI is InChI=1S/C15H29NO2/c1-12(17)11-13-7-5-6-10-16(13)14-8-3-2-4-9-15(14)18/h12-15,17-18H,2-11H2,1H3. The second kappa shape index (κ2) is 6.88. The molecule has 2 rings (SSSR count). The average molecular weight is 255 g/mol. The Hall–Kier alpha value is -0.120. The topological polar surface area (TPSA) is 43.7 Å². The van der Waals surface area contributed by atoms with Gasteiger partial charge in [-0.2, -0.15) is 0 Å². The molecule has 0 aromatic rings. The molecule has 0 radical (unpaired) electrons. The van der Waals surface area contributed by atoms with E-state index in [1.165, 1.54) is 38.5 Å². The number of aliphatic hydroxyl groups excluding tert-OH is 2. The molecule has 3 heteroatoms. The van der Waals surface area contributed by atoms with Crippen LogP contribution in [0.4, 0.5) is 0 Å². The first kappa shape index (κ1) is 14.3. The van der Waals surface area contributed by atoms with E-state index < -0.39 is 0 Å². The molecule has 106 valence electrons. The minimum absolute atomic E-state index is 0.151. The molecule has 0 aromatic carbocycles. The second-order valence-corrected chi connectivity index (χ2v) is 6.24. The smallest absolute Gasteiger partial charge is 0.0695 e. The van der Waals surface area contributed by atoms with Gasteiger partial charge in [0.1, 0.15) is 0 Å².